The number of nitrogen functional groups attached to an aromatic ring is 1. The van der Waals surface area contributed by atoms with E-state index in [1.165, 1.54) is 4.88 Å². The van der Waals surface area contributed by atoms with Crippen molar-refractivity contribution in [3.8, 4) is 0 Å². The third-order valence-electron chi connectivity index (χ3n) is 3.63. The van der Waals surface area contributed by atoms with Gasteiger partial charge in [0.05, 0.1) is 6.54 Å². The van der Waals surface area contributed by atoms with Crippen molar-refractivity contribution in [1.29, 1.82) is 0 Å². The first-order valence-electron chi connectivity index (χ1n) is 7.10. The predicted octanol–water partition coefficient (Wildman–Crippen LogP) is 4.00. The fourth-order valence-corrected chi connectivity index (χ4v) is 3.02. The lowest BCUT2D eigenvalue weighted by Crippen LogP contribution is -2.36. The second-order valence-electron chi connectivity index (χ2n) is 5.63. The van der Waals surface area contributed by atoms with Crippen molar-refractivity contribution in [1.82, 2.24) is 4.90 Å². The molecule has 21 heavy (non-hydrogen) atoms. The van der Waals surface area contributed by atoms with E-state index >= 15 is 0 Å². The summed E-state index contributed by atoms with van der Waals surface area (Å²) in [5, 5.41) is 2.04. The Hall–Kier alpha value is -1.81. The van der Waals surface area contributed by atoms with Gasteiger partial charge in [0.1, 0.15) is 0 Å². The second kappa shape index (κ2) is 6.31. The number of hydrogen-bond donors (Lipinski definition) is 1. The molecule has 4 heteroatoms. The number of nitrogens with zero attached hydrogens (tertiary/aromatic N) is 1. The number of carbonyl (C=O) groups excluding carboxylic acids is 1. The standard InChI is InChI=1S/C17H22N2OS/c1-11(2)19(10-14-6-5-7-21-14)17(20)15-9-16(18)13(4)8-12(15)3/h5-9,11H,10,18H2,1-4H3. The van der Waals surface area contributed by atoms with Crippen LogP contribution in [0.15, 0.2) is 29.6 Å². The number of aryl methyl sites for hydroxylation is 2. The van der Waals surface area contributed by atoms with E-state index in [2.05, 4.69) is 6.07 Å². The summed E-state index contributed by atoms with van der Waals surface area (Å²) in [7, 11) is 0. The smallest absolute Gasteiger partial charge is 0.254 e. The molecule has 1 heterocycles. The third kappa shape index (κ3) is 3.45. The van der Waals surface area contributed by atoms with Gasteiger partial charge in [-0.15, -0.1) is 11.3 Å². The molecular weight excluding hydrogens is 280 g/mol. The van der Waals surface area contributed by atoms with Crippen molar-refractivity contribution in [3.63, 3.8) is 0 Å². The normalized spacial score (nSPS) is 10.9. The molecule has 0 fully saturated rings. The Kier molecular flexibility index (Phi) is 4.68. The van der Waals surface area contributed by atoms with E-state index in [0.717, 1.165) is 11.1 Å². The lowest BCUT2D eigenvalue weighted by Gasteiger charge is -2.27. The zero-order valence-corrected chi connectivity index (χ0v) is 13.8. The first-order valence-corrected chi connectivity index (χ1v) is 7.98. The molecule has 0 radical (unpaired) electrons. The van der Waals surface area contributed by atoms with E-state index in [0.29, 0.717) is 17.8 Å². The molecule has 112 valence electrons. The molecule has 1 aromatic carbocycles. The molecule has 0 aliphatic carbocycles. The maximum atomic E-state index is 12.9. The van der Waals surface area contributed by atoms with Gasteiger partial charge < -0.3 is 10.6 Å². The minimum Gasteiger partial charge on any atom is -0.398 e. The van der Waals surface area contributed by atoms with Gasteiger partial charge >= 0.3 is 0 Å². The summed E-state index contributed by atoms with van der Waals surface area (Å²) in [6.45, 7) is 8.64. The van der Waals surface area contributed by atoms with Gasteiger partial charge in [-0.3, -0.25) is 4.79 Å². The van der Waals surface area contributed by atoms with Crippen LogP contribution in [0, 0.1) is 13.8 Å². The zero-order valence-electron chi connectivity index (χ0n) is 13.0. The van der Waals surface area contributed by atoms with E-state index in [1.807, 2.05) is 50.1 Å². The van der Waals surface area contributed by atoms with Crippen molar-refractivity contribution in [3.05, 3.63) is 51.2 Å². The first-order chi connectivity index (χ1) is 9.90. The van der Waals surface area contributed by atoms with Crippen molar-refractivity contribution in [2.75, 3.05) is 5.73 Å². The highest BCUT2D eigenvalue weighted by molar-refractivity contribution is 7.09. The molecule has 0 spiro atoms. The number of anilines is 1. The predicted molar refractivity (Wildman–Crippen MR) is 89.7 cm³/mol. The van der Waals surface area contributed by atoms with Crippen molar-refractivity contribution in [2.45, 2.75) is 40.3 Å². The fourth-order valence-electron chi connectivity index (χ4n) is 2.31. The maximum Gasteiger partial charge on any atom is 0.254 e. The summed E-state index contributed by atoms with van der Waals surface area (Å²) >= 11 is 1.67. The van der Waals surface area contributed by atoms with E-state index in [1.54, 1.807) is 17.4 Å². The molecule has 1 amide bonds. The molecule has 2 rings (SSSR count). The monoisotopic (exact) mass is 302 g/mol. The molecule has 0 saturated heterocycles. The Morgan fingerprint density at radius 1 is 1.29 bits per heavy atom. The van der Waals surface area contributed by atoms with Gasteiger partial charge in [0, 0.05) is 22.2 Å². The van der Waals surface area contributed by atoms with Crippen molar-refractivity contribution in [2.24, 2.45) is 0 Å². The third-order valence-corrected chi connectivity index (χ3v) is 4.50. The summed E-state index contributed by atoms with van der Waals surface area (Å²) < 4.78 is 0. The average Bonchev–Trinajstić information content (AvgIpc) is 2.92. The van der Waals surface area contributed by atoms with Crippen LogP contribution < -0.4 is 5.73 Å². The van der Waals surface area contributed by atoms with Crippen LogP contribution in [0.2, 0.25) is 0 Å². The van der Waals surface area contributed by atoms with Crippen LogP contribution >= 0.6 is 11.3 Å². The highest BCUT2D eigenvalue weighted by Crippen LogP contribution is 2.22. The fraction of sp³-hybridized carbons (Fsp3) is 0.353. The van der Waals surface area contributed by atoms with Crippen LogP contribution in [0.5, 0.6) is 0 Å². The largest absolute Gasteiger partial charge is 0.398 e. The van der Waals surface area contributed by atoms with E-state index in [-0.39, 0.29) is 11.9 Å². The van der Waals surface area contributed by atoms with E-state index in [4.69, 9.17) is 5.73 Å². The molecule has 1 aromatic heterocycles. The summed E-state index contributed by atoms with van der Waals surface area (Å²) in [5.41, 5.74) is 9.33. The second-order valence-corrected chi connectivity index (χ2v) is 6.66. The van der Waals surface area contributed by atoms with E-state index < -0.39 is 0 Å². The summed E-state index contributed by atoms with van der Waals surface area (Å²) in [6.07, 6.45) is 0. The molecule has 0 bridgehead atoms. The SMILES string of the molecule is Cc1cc(C)c(C(=O)N(Cc2cccs2)C(C)C)cc1N. The van der Waals surface area contributed by atoms with Crippen molar-refractivity contribution < 1.29 is 4.79 Å². The average molecular weight is 302 g/mol. The van der Waals surface area contributed by atoms with Gasteiger partial charge in [-0.2, -0.15) is 0 Å². The van der Waals surface area contributed by atoms with Crippen LogP contribution in [0.25, 0.3) is 0 Å². The molecule has 0 saturated carbocycles. The highest BCUT2D eigenvalue weighted by Gasteiger charge is 2.21. The van der Waals surface area contributed by atoms with Crippen LogP contribution in [0.4, 0.5) is 5.69 Å². The molecule has 0 unspecified atom stereocenters. The number of amides is 1. The zero-order chi connectivity index (χ0) is 15.6. The van der Waals surface area contributed by atoms with Gasteiger partial charge in [0.15, 0.2) is 0 Å². The molecule has 0 aliphatic heterocycles. The van der Waals surface area contributed by atoms with Gasteiger partial charge in [-0.05, 0) is 56.3 Å². The lowest BCUT2D eigenvalue weighted by atomic mass is 10.0. The minimum atomic E-state index is 0.0441. The summed E-state index contributed by atoms with van der Waals surface area (Å²) in [5.74, 6) is 0.0441. The molecule has 0 aliphatic rings. The van der Waals surface area contributed by atoms with Crippen LogP contribution in [-0.4, -0.2) is 16.8 Å². The quantitative estimate of drug-likeness (QED) is 0.868. The first kappa shape index (κ1) is 15.6. The topological polar surface area (TPSA) is 46.3 Å². The maximum absolute atomic E-state index is 12.9. The Morgan fingerprint density at radius 2 is 2.00 bits per heavy atom. The van der Waals surface area contributed by atoms with Crippen LogP contribution in [0.3, 0.4) is 0 Å². The molecule has 2 aromatic rings. The molecule has 3 nitrogen and oxygen atoms in total. The lowest BCUT2D eigenvalue weighted by molar-refractivity contribution is 0.0691. The number of benzene rings is 1. The van der Waals surface area contributed by atoms with Gasteiger partial charge in [-0.25, -0.2) is 0 Å². The van der Waals surface area contributed by atoms with Crippen molar-refractivity contribution >= 4 is 22.9 Å². The van der Waals surface area contributed by atoms with E-state index in [9.17, 15) is 4.79 Å². The summed E-state index contributed by atoms with van der Waals surface area (Å²) in [6, 6.07) is 7.99. The van der Waals surface area contributed by atoms with Crippen LogP contribution in [0.1, 0.15) is 40.2 Å². The number of hydrogen-bond acceptors (Lipinski definition) is 3. The Bertz CT molecular complexity index is 632. The molecule has 2 N–H and O–H groups in total. The Balaban J connectivity index is 2.32. The van der Waals surface area contributed by atoms with Gasteiger partial charge in [0.25, 0.3) is 5.91 Å². The number of rotatable bonds is 4. The van der Waals surface area contributed by atoms with Gasteiger partial charge in [0.2, 0.25) is 0 Å². The van der Waals surface area contributed by atoms with Crippen LogP contribution in [-0.2, 0) is 6.54 Å². The highest BCUT2D eigenvalue weighted by atomic mass is 32.1. The minimum absolute atomic E-state index is 0.0441. The number of thiophene rings is 1. The Morgan fingerprint density at radius 3 is 2.57 bits per heavy atom. The Labute approximate surface area is 130 Å². The number of nitrogens with two attached hydrogens (primary N) is 1. The summed E-state index contributed by atoms with van der Waals surface area (Å²) in [4.78, 5) is 16.0. The molecule has 0 atom stereocenters. The van der Waals surface area contributed by atoms with Gasteiger partial charge in [-0.1, -0.05) is 12.1 Å². The molecular formula is C17H22N2OS. The number of carbonyl (C=O) groups is 1.